The summed E-state index contributed by atoms with van der Waals surface area (Å²) in [5.41, 5.74) is 2.82. The predicted octanol–water partition coefficient (Wildman–Crippen LogP) is 3.22. The van der Waals surface area contributed by atoms with E-state index in [0.717, 1.165) is 37.1 Å². The Morgan fingerprint density at radius 1 is 1.14 bits per heavy atom. The van der Waals surface area contributed by atoms with Crippen LogP contribution in [0, 0.1) is 6.92 Å². The van der Waals surface area contributed by atoms with E-state index in [0.29, 0.717) is 11.3 Å². The number of carbonyl (C=O) groups is 1. The summed E-state index contributed by atoms with van der Waals surface area (Å²) in [4.78, 5) is 12.8. The lowest BCUT2D eigenvalue weighted by Gasteiger charge is -2.12. The summed E-state index contributed by atoms with van der Waals surface area (Å²) in [7, 11) is -3.60. The highest BCUT2D eigenvalue weighted by molar-refractivity contribution is 7.89. The molecule has 0 bridgehead atoms. The molecule has 152 valence electrons. The van der Waals surface area contributed by atoms with Crippen LogP contribution in [0.15, 0.2) is 47.4 Å². The summed E-state index contributed by atoms with van der Waals surface area (Å²) in [5, 5.41) is 6.11. The van der Waals surface area contributed by atoms with E-state index in [-0.39, 0.29) is 29.3 Å². The van der Waals surface area contributed by atoms with Crippen molar-refractivity contribution in [3.8, 4) is 0 Å². The third kappa shape index (κ3) is 5.78. The number of amides is 1. The Morgan fingerprint density at radius 3 is 2.57 bits per heavy atom. The van der Waals surface area contributed by atoms with Crippen molar-refractivity contribution in [2.24, 2.45) is 0 Å². The molecule has 0 aliphatic heterocycles. The molecule has 2 aromatic carbocycles. The molecule has 3 rings (SSSR count). The van der Waals surface area contributed by atoms with E-state index in [1.807, 2.05) is 31.2 Å². The molecule has 0 saturated heterocycles. The molecule has 1 amide bonds. The second-order valence-electron chi connectivity index (χ2n) is 6.81. The van der Waals surface area contributed by atoms with Gasteiger partial charge >= 0.3 is 0 Å². The molecule has 8 heteroatoms. The third-order valence-electron chi connectivity index (χ3n) is 4.43. The van der Waals surface area contributed by atoms with E-state index in [2.05, 4.69) is 15.4 Å². The first-order valence-electron chi connectivity index (χ1n) is 9.13. The average Bonchev–Trinajstić information content (AvgIpc) is 3.43. The van der Waals surface area contributed by atoms with Crippen LogP contribution in [-0.4, -0.2) is 26.9 Å². The van der Waals surface area contributed by atoms with Crippen molar-refractivity contribution in [2.45, 2.75) is 44.2 Å². The van der Waals surface area contributed by atoms with Crippen LogP contribution >= 0.6 is 12.4 Å². The van der Waals surface area contributed by atoms with Gasteiger partial charge in [-0.2, -0.15) is 0 Å². The first-order valence-corrected chi connectivity index (χ1v) is 10.6. The minimum absolute atomic E-state index is 0. The number of nitrogens with one attached hydrogen (secondary N) is 3. The maximum atomic E-state index is 12.7. The van der Waals surface area contributed by atoms with Gasteiger partial charge in [0.2, 0.25) is 10.0 Å². The second kappa shape index (κ2) is 9.52. The van der Waals surface area contributed by atoms with Crippen molar-refractivity contribution in [2.75, 3.05) is 11.9 Å². The van der Waals surface area contributed by atoms with E-state index in [4.69, 9.17) is 0 Å². The zero-order chi connectivity index (χ0) is 19.4. The minimum Gasteiger partial charge on any atom is -0.322 e. The molecule has 1 fully saturated rings. The summed E-state index contributed by atoms with van der Waals surface area (Å²) >= 11 is 0. The van der Waals surface area contributed by atoms with Gasteiger partial charge in [-0.3, -0.25) is 4.79 Å². The number of anilines is 1. The van der Waals surface area contributed by atoms with Gasteiger partial charge in [0.1, 0.15) is 0 Å². The minimum atomic E-state index is -3.60. The van der Waals surface area contributed by atoms with Crippen molar-refractivity contribution >= 4 is 34.0 Å². The fraction of sp³-hybridized carbons (Fsp3) is 0.350. The Morgan fingerprint density at radius 2 is 1.89 bits per heavy atom. The van der Waals surface area contributed by atoms with E-state index < -0.39 is 10.0 Å². The lowest BCUT2D eigenvalue weighted by Crippen LogP contribution is -2.26. The normalized spacial score (nSPS) is 13.6. The average molecular weight is 424 g/mol. The van der Waals surface area contributed by atoms with E-state index in [9.17, 15) is 13.2 Å². The number of halogens is 1. The molecule has 0 atom stereocenters. The van der Waals surface area contributed by atoms with Crippen LogP contribution in [0.5, 0.6) is 0 Å². The van der Waals surface area contributed by atoms with Crippen molar-refractivity contribution in [1.82, 2.24) is 10.0 Å². The van der Waals surface area contributed by atoms with Crippen molar-refractivity contribution in [1.29, 1.82) is 0 Å². The third-order valence-corrected chi connectivity index (χ3v) is 5.95. The Hall–Kier alpha value is -1.93. The Balaban J connectivity index is 0.00000280. The lowest BCUT2D eigenvalue weighted by molar-refractivity contribution is 0.102. The molecule has 1 saturated carbocycles. The molecule has 0 aromatic heterocycles. The van der Waals surface area contributed by atoms with Crippen LogP contribution in [0.2, 0.25) is 0 Å². The first kappa shape index (κ1) is 22.4. The van der Waals surface area contributed by atoms with E-state index in [1.54, 1.807) is 13.0 Å². The molecule has 0 radical (unpaired) electrons. The quantitative estimate of drug-likeness (QED) is 0.608. The van der Waals surface area contributed by atoms with Crippen molar-refractivity contribution in [3.05, 3.63) is 59.2 Å². The smallest absolute Gasteiger partial charge is 0.255 e. The molecule has 0 heterocycles. The SMILES string of the molecule is CCNCc1cccc(NC(=O)c2cc(S(=O)(=O)NC3CC3)ccc2C)c1.Cl. The van der Waals surface area contributed by atoms with Crippen LogP contribution in [0.3, 0.4) is 0 Å². The summed E-state index contributed by atoms with van der Waals surface area (Å²) in [5.74, 6) is -0.323. The standard InChI is InChI=1S/C20H25N3O3S.ClH/c1-3-21-13-15-5-4-6-17(11-15)22-20(24)19-12-18(10-7-14(19)2)27(25,26)23-16-8-9-16;/h4-7,10-12,16,21,23H,3,8-9,13H2,1-2H3,(H,22,24);1H. The number of aryl methyl sites for hydroxylation is 1. The Bertz CT molecular complexity index is 943. The monoisotopic (exact) mass is 423 g/mol. The van der Waals surface area contributed by atoms with Crippen molar-refractivity contribution in [3.63, 3.8) is 0 Å². The summed E-state index contributed by atoms with van der Waals surface area (Å²) in [6.45, 7) is 5.42. The zero-order valence-corrected chi connectivity index (χ0v) is 17.6. The van der Waals surface area contributed by atoms with Gasteiger partial charge in [0, 0.05) is 23.8 Å². The predicted molar refractivity (Wildman–Crippen MR) is 114 cm³/mol. The fourth-order valence-electron chi connectivity index (χ4n) is 2.73. The first-order chi connectivity index (χ1) is 12.9. The van der Waals surface area contributed by atoms with Crippen LogP contribution in [0.4, 0.5) is 5.69 Å². The van der Waals surface area contributed by atoms with Crippen molar-refractivity contribution < 1.29 is 13.2 Å². The van der Waals surface area contributed by atoms with Crippen LogP contribution in [-0.2, 0) is 16.6 Å². The number of sulfonamides is 1. The van der Waals surface area contributed by atoms with E-state index >= 15 is 0 Å². The van der Waals surface area contributed by atoms with E-state index in [1.165, 1.54) is 12.1 Å². The maximum Gasteiger partial charge on any atom is 0.255 e. The van der Waals surface area contributed by atoms with Gasteiger partial charge in [0.25, 0.3) is 5.91 Å². The van der Waals surface area contributed by atoms with Gasteiger partial charge in [0.15, 0.2) is 0 Å². The van der Waals surface area contributed by atoms with Gasteiger partial charge in [0.05, 0.1) is 4.90 Å². The highest BCUT2D eigenvalue weighted by Gasteiger charge is 2.28. The van der Waals surface area contributed by atoms with Gasteiger partial charge in [-0.25, -0.2) is 13.1 Å². The molecule has 6 nitrogen and oxygen atoms in total. The molecule has 1 aliphatic carbocycles. The molecule has 2 aromatic rings. The molecular formula is C20H26ClN3O3S. The molecule has 28 heavy (non-hydrogen) atoms. The van der Waals surface area contributed by atoms with Crippen LogP contribution in [0.1, 0.15) is 41.3 Å². The fourth-order valence-corrected chi connectivity index (χ4v) is 4.06. The summed E-state index contributed by atoms with van der Waals surface area (Å²) in [6, 6.07) is 12.3. The van der Waals surface area contributed by atoms with Gasteiger partial charge in [-0.1, -0.05) is 25.1 Å². The molecular weight excluding hydrogens is 398 g/mol. The molecule has 0 spiro atoms. The molecule has 0 unspecified atom stereocenters. The highest BCUT2D eigenvalue weighted by Crippen LogP contribution is 2.23. The number of hydrogen-bond donors (Lipinski definition) is 3. The number of benzene rings is 2. The topological polar surface area (TPSA) is 87.3 Å². The molecule has 3 N–H and O–H groups in total. The van der Waals surface area contributed by atoms with Gasteiger partial charge in [-0.15, -0.1) is 12.4 Å². The van der Waals surface area contributed by atoms with Gasteiger partial charge < -0.3 is 10.6 Å². The highest BCUT2D eigenvalue weighted by atomic mass is 35.5. The summed E-state index contributed by atoms with van der Waals surface area (Å²) in [6.07, 6.45) is 1.73. The maximum absolute atomic E-state index is 12.7. The number of carbonyl (C=O) groups excluding carboxylic acids is 1. The van der Waals surface area contributed by atoms with Crippen LogP contribution < -0.4 is 15.4 Å². The van der Waals surface area contributed by atoms with Gasteiger partial charge in [-0.05, 0) is 61.7 Å². The Labute approximate surface area is 172 Å². The second-order valence-corrected chi connectivity index (χ2v) is 8.52. The number of hydrogen-bond acceptors (Lipinski definition) is 4. The zero-order valence-electron chi connectivity index (χ0n) is 16.0. The number of rotatable bonds is 8. The van der Waals surface area contributed by atoms with Crippen LogP contribution in [0.25, 0.3) is 0 Å². The molecule has 1 aliphatic rings. The Kier molecular flexibility index (Phi) is 7.60. The lowest BCUT2D eigenvalue weighted by atomic mass is 10.1. The largest absolute Gasteiger partial charge is 0.322 e. The summed E-state index contributed by atoms with van der Waals surface area (Å²) < 4.78 is 27.5.